The predicted octanol–water partition coefficient (Wildman–Crippen LogP) is 2.87. The van der Waals surface area contributed by atoms with Crippen LogP contribution in [0, 0.1) is 6.92 Å². The molecule has 0 amide bonds. The van der Waals surface area contributed by atoms with Gasteiger partial charge in [-0.2, -0.15) is 0 Å². The number of halogens is 1. The van der Waals surface area contributed by atoms with Crippen molar-refractivity contribution in [1.82, 2.24) is 4.90 Å². The van der Waals surface area contributed by atoms with Crippen molar-refractivity contribution in [3.8, 4) is 0 Å². The zero-order chi connectivity index (χ0) is 14.0. The van der Waals surface area contributed by atoms with E-state index >= 15 is 0 Å². The molecule has 1 aliphatic rings. The Balaban J connectivity index is 2.23. The number of hydrogen-bond acceptors (Lipinski definition) is 3. The van der Waals surface area contributed by atoms with Gasteiger partial charge in [0.25, 0.3) is 0 Å². The highest BCUT2D eigenvalue weighted by atomic mass is 79.9. The van der Waals surface area contributed by atoms with E-state index in [2.05, 4.69) is 59.8 Å². The lowest BCUT2D eigenvalue weighted by Gasteiger charge is -2.40. The van der Waals surface area contributed by atoms with Crippen LogP contribution < -0.4 is 5.73 Å². The van der Waals surface area contributed by atoms with Gasteiger partial charge in [0.05, 0.1) is 12.2 Å². The van der Waals surface area contributed by atoms with Crippen molar-refractivity contribution >= 4 is 15.9 Å². The molecular weight excluding hydrogens is 304 g/mol. The average molecular weight is 327 g/mol. The van der Waals surface area contributed by atoms with Crippen LogP contribution in [0.15, 0.2) is 22.7 Å². The summed E-state index contributed by atoms with van der Waals surface area (Å²) in [4.78, 5) is 2.44. The number of morpholine rings is 1. The van der Waals surface area contributed by atoms with Crippen LogP contribution in [0.5, 0.6) is 0 Å². The Bertz CT molecular complexity index is 428. The number of ether oxygens (including phenoxy) is 1. The minimum absolute atomic E-state index is 0.253. The van der Waals surface area contributed by atoms with Gasteiger partial charge in [-0.15, -0.1) is 0 Å². The zero-order valence-electron chi connectivity index (χ0n) is 11.9. The molecule has 0 spiro atoms. The maximum Gasteiger partial charge on any atom is 0.0678 e. The molecule has 1 heterocycles. The molecule has 2 N–H and O–H groups in total. The molecule has 0 aromatic heterocycles. The first-order chi connectivity index (χ1) is 9.01. The fourth-order valence-corrected chi connectivity index (χ4v) is 3.60. The first-order valence-electron chi connectivity index (χ1n) is 6.87. The molecule has 3 atom stereocenters. The van der Waals surface area contributed by atoms with E-state index in [-0.39, 0.29) is 18.2 Å². The second-order valence-electron chi connectivity index (χ2n) is 5.49. The summed E-state index contributed by atoms with van der Waals surface area (Å²) in [7, 11) is 0. The molecule has 0 saturated carbocycles. The van der Waals surface area contributed by atoms with Gasteiger partial charge in [-0.25, -0.2) is 0 Å². The summed E-state index contributed by atoms with van der Waals surface area (Å²) in [6, 6.07) is 6.74. The van der Waals surface area contributed by atoms with Gasteiger partial charge in [-0.05, 0) is 38.0 Å². The predicted molar refractivity (Wildman–Crippen MR) is 82.3 cm³/mol. The molecule has 1 fully saturated rings. The third kappa shape index (κ3) is 3.57. The van der Waals surface area contributed by atoms with Gasteiger partial charge >= 0.3 is 0 Å². The summed E-state index contributed by atoms with van der Waals surface area (Å²) in [6.45, 7) is 8.85. The van der Waals surface area contributed by atoms with Crippen LogP contribution >= 0.6 is 15.9 Å². The Kier molecular flexibility index (Phi) is 5.01. The Morgan fingerprint density at radius 3 is 2.53 bits per heavy atom. The van der Waals surface area contributed by atoms with E-state index in [0.29, 0.717) is 6.54 Å². The molecule has 0 aliphatic carbocycles. The maximum absolute atomic E-state index is 6.03. The van der Waals surface area contributed by atoms with Crippen molar-refractivity contribution in [2.75, 3.05) is 19.6 Å². The second-order valence-corrected chi connectivity index (χ2v) is 6.34. The highest BCUT2D eigenvalue weighted by molar-refractivity contribution is 9.10. The maximum atomic E-state index is 6.03. The smallest absolute Gasteiger partial charge is 0.0678 e. The van der Waals surface area contributed by atoms with Crippen LogP contribution in [-0.2, 0) is 4.74 Å². The normalized spacial score (nSPS) is 26.4. The summed E-state index contributed by atoms with van der Waals surface area (Å²) in [6.07, 6.45) is 0.532. The lowest BCUT2D eigenvalue weighted by molar-refractivity contribution is -0.0800. The highest BCUT2D eigenvalue weighted by Crippen LogP contribution is 2.30. The number of aryl methyl sites for hydroxylation is 1. The molecule has 2 rings (SSSR count). The van der Waals surface area contributed by atoms with E-state index in [0.717, 1.165) is 17.6 Å². The van der Waals surface area contributed by atoms with Crippen LogP contribution in [0.1, 0.15) is 31.0 Å². The SMILES string of the molecule is Cc1ccc(C(CN)N2C[C@@H](C)O[C@@H](C)C2)c(Br)c1. The third-order valence-corrected chi connectivity index (χ3v) is 4.31. The Labute approximate surface area is 124 Å². The summed E-state index contributed by atoms with van der Waals surface area (Å²) in [5.41, 5.74) is 8.56. The van der Waals surface area contributed by atoms with Crippen molar-refractivity contribution in [3.05, 3.63) is 33.8 Å². The van der Waals surface area contributed by atoms with Gasteiger partial charge in [0, 0.05) is 30.1 Å². The molecule has 1 unspecified atom stereocenters. The first-order valence-corrected chi connectivity index (χ1v) is 7.66. The summed E-state index contributed by atoms with van der Waals surface area (Å²) >= 11 is 3.67. The molecule has 0 bridgehead atoms. The molecule has 1 aromatic rings. The molecule has 1 saturated heterocycles. The zero-order valence-corrected chi connectivity index (χ0v) is 13.5. The average Bonchev–Trinajstić information content (AvgIpc) is 2.31. The van der Waals surface area contributed by atoms with E-state index in [9.17, 15) is 0 Å². The van der Waals surface area contributed by atoms with Crippen molar-refractivity contribution in [3.63, 3.8) is 0 Å². The van der Waals surface area contributed by atoms with Crippen LogP contribution in [0.4, 0.5) is 0 Å². The van der Waals surface area contributed by atoms with Crippen LogP contribution in [0.25, 0.3) is 0 Å². The lowest BCUT2D eigenvalue weighted by Crippen LogP contribution is -2.48. The van der Waals surface area contributed by atoms with E-state index < -0.39 is 0 Å². The monoisotopic (exact) mass is 326 g/mol. The number of rotatable bonds is 3. The van der Waals surface area contributed by atoms with E-state index in [4.69, 9.17) is 10.5 Å². The molecule has 0 radical (unpaired) electrons. The van der Waals surface area contributed by atoms with Gasteiger partial charge < -0.3 is 10.5 Å². The van der Waals surface area contributed by atoms with Gasteiger partial charge in [0.1, 0.15) is 0 Å². The Morgan fingerprint density at radius 2 is 2.00 bits per heavy atom. The van der Waals surface area contributed by atoms with Crippen molar-refractivity contribution < 1.29 is 4.74 Å². The Morgan fingerprint density at radius 1 is 1.37 bits per heavy atom. The van der Waals surface area contributed by atoms with Gasteiger partial charge in [0.15, 0.2) is 0 Å². The van der Waals surface area contributed by atoms with E-state index in [1.165, 1.54) is 11.1 Å². The van der Waals surface area contributed by atoms with Gasteiger partial charge in [0.2, 0.25) is 0 Å². The molecule has 106 valence electrons. The topological polar surface area (TPSA) is 38.5 Å². The van der Waals surface area contributed by atoms with Gasteiger partial charge in [-0.1, -0.05) is 28.1 Å². The lowest BCUT2D eigenvalue weighted by atomic mass is 10.0. The molecule has 3 nitrogen and oxygen atoms in total. The quantitative estimate of drug-likeness (QED) is 0.928. The molecule has 1 aliphatic heterocycles. The minimum atomic E-state index is 0.253. The van der Waals surface area contributed by atoms with E-state index in [1.54, 1.807) is 0 Å². The molecule has 1 aromatic carbocycles. The number of hydrogen-bond donors (Lipinski definition) is 1. The third-order valence-electron chi connectivity index (χ3n) is 3.63. The van der Waals surface area contributed by atoms with Crippen molar-refractivity contribution in [2.24, 2.45) is 5.73 Å². The largest absolute Gasteiger partial charge is 0.373 e. The summed E-state index contributed by atoms with van der Waals surface area (Å²) < 4.78 is 6.95. The van der Waals surface area contributed by atoms with Crippen molar-refractivity contribution in [1.29, 1.82) is 0 Å². The number of nitrogens with zero attached hydrogens (tertiary/aromatic N) is 1. The number of benzene rings is 1. The highest BCUT2D eigenvalue weighted by Gasteiger charge is 2.28. The molecular formula is C15H23BrN2O. The standard InChI is InChI=1S/C15H23BrN2O/c1-10-4-5-13(14(16)6-10)15(7-17)18-8-11(2)19-12(3)9-18/h4-6,11-12,15H,7-9,17H2,1-3H3/t11-,12+,15?. The van der Waals surface area contributed by atoms with Gasteiger partial charge in [-0.3, -0.25) is 4.90 Å². The number of nitrogens with two attached hydrogens (primary N) is 1. The minimum Gasteiger partial charge on any atom is -0.373 e. The fraction of sp³-hybridized carbons (Fsp3) is 0.600. The fourth-order valence-electron chi connectivity index (χ4n) is 2.85. The Hall–Kier alpha value is -0.420. The molecule has 4 heteroatoms. The summed E-state index contributed by atoms with van der Waals surface area (Å²) in [5, 5.41) is 0. The van der Waals surface area contributed by atoms with E-state index in [1.807, 2.05) is 0 Å². The van der Waals surface area contributed by atoms with Crippen molar-refractivity contribution in [2.45, 2.75) is 39.0 Å². The first kappa shape index (κ1) is 15.0. The van der Waals surface area contributed by atoms with Crippen LogP contribution in [-0.4, -0.2) is 36.7 Å². The van der Waals surface area contributed by atoms with Crippen LogP contribution in [0.2, 0.25) is 0 Å². The second kappa shape index (κ2) is 6.35. The van der Waals surface area contributed by atoms with Crippen LogP contribution in [0.3, 0.4) is 0 Å². The summed E-state index contributed by atoms with van der Waals surface area (Å²) in [5.74, 6) is 0. The molecule has 19 heavy (non-hydrogen) atoms.